The van der Waals surface area contributed by atoms with Crippen molar-refractivity contribution in [1.82, 2.24) is 4.90 Å². The highest BCUT2D eigenvalue weighted by atomic mass is 16.2. The van der Waals surface area contributed by atoms with Crippen LogP contribution in [-0.4, -0.2) is 29.4 Å². The molecule has 1 aromatic rings. The lowest BCUT2D eigenvalue weighted by Gasteiger charge is -2.50. The van der Waals surface area contributed by atoms with E-state index >= 15 is 0 Å². The van der Waals surface area contributed by atoms with Crippen LogP contribution >= 0.6 is 0 Å². The molecule has 0 spiro atoms. The molecule has 2 rings (SSSR count). The quantitative estimate of drug-likeness (QED) is 0.845. The van der Waals surface area contributed by atoms with Gasteiger partial charge in [-0.3, -0.25) is 4.79 Å². The summed E-state index contributed by atoms with van der Waals surface area (Å²) in [6.45, 7) is 7.51. The fraction of sp³-hybridized carbons (Fsp3) is 0.500. The molecule has 0 bridgehead atoms. The van der Waals surface area contributed by atoms with Gasteiger partial charge < -0.3 is 10.6 Å². The van der Waals surface area contributed by atoms with Crippen LogP contribution in [0.25, 0.3) is 0 Å². The van der Waals surface area contributed by atoms with Crippen LogP contribution in [0.15, 0.2) is 24.3 Å². The van der Waals surface area contributed by atoms with E-state index in [1.165, 1.54) is 0 Å². The van der Waals surface area contributed by atoms with E-state index in [4.69, 9.17) is 5.73 Å². The van der Waals surface area contributed by atoms with Gasteiger partial charge in [0.25, 0.3) is 5.91 Å². The van der Waals surface area contributed by atoms with E-state index in [-0.39, 0.29) is 11.4 Å². The monoisotopic (exact) mass is 232 g/mol. The summed E-state index contributed by atoms with van der Waals surface area (Å²) < 4.78 is 0. The fourth-order valence-electron chi connectivity index (χ4n) is 2.16. The number of hydrogen-bond acceptors (Lipinski definition) is 2. The van der Waals surface area contributed by atoms with Crippen molar-refractivity contribution in [3.63, 3.8) is 0 Å². The summed E-state index contributed by atoms with van der Waals surface area (Å²) in [5.74, 6) is 0.508. The number of amides is 1. The Morgan fingerprint density at radius 1 is 1.35 bits per heavy atom. The van der Waals surface area contributed by atoms with Crippen LogP contribution in [0, 0.1) is 12.8 Å². The molecule has 3 nitrogen and oxygen atoms in total. The van der Waals surface area contributed by atoms with E-state index in [0.29, 0.717) is 19.0 Å². The molecule has 0 aliphatic carbocycles. The molecule has 0 atom stereocenters. The lowest BCUT2D eigenvalue weighted by Crippen LogP contribution is -2.71. The first-order valence-electron chi connectivity index (χ1n) is 6.08. The molecule has 1 amide bonds. The number of nitrogens with two attached hydrogens (primary N) is 1. The highest BCUT2D eigenvalue weighted by molar-refractivity contribution is 5.96. The van der Waals surface area contributed by atoms with E-state index in [1.807, 2.05) is 36.1 Å². The lowest BCUT2D eigenvalue weighted by atomic mass is 9.80. The van der Waals surface area contributed by atoms with Gasteiger partial charge in [-0.1, -0.05) is 32.0 Å². The smallest absolute Gasteiger partial charge is 0.254 e. The van der Waals surface area contributed by atoms with Crippen molar-refractivity contribution in [3.05, 3.63) is 35.4 Å². The third-order valence-corrected chi connectivity index (χ3v) is 3.78. The third kappa shape index (κ3) is 2.07. The van der Waals surface area contributed by atoms with Gasteiger partial charge in [0.05, 0.1) is 5.54 Å². The Morgan fingerprint density at radius 2 is 1.94 bits per heavy atom. The van der Waals surface area contributed by atoms with Gasteiger partial charge in [-0.05, 0) is 24.5 Å². The zero-order valence-corrected chi connectivity index (χ0v) is 10.7. The van der Waals surface area contributed by atoms with Crippen LogP contribution in [0.5, 0.6) is 0 Å². The average Bonchev–Trinajstić information content (AvgIpc) is 2.24. The Morgan fingerprint density at radius 3 is 2.47 bits per heavy atom. The first-order chi connectivity index (χ1) is 7.94. The molecule has 17 heavy (non-hydrogen) atoms. The number of hydrogen-bond donors (Lipinski definition) is 1. The predicted molar refractivity (Wildman–Crippen MR) is 68.8 cm³/mol. The van der Waals surface area contributed by atoms with Gasteiger partial charge in [-0.15, -0.1) is 0 Å². The summed E-state index contributed by atoms with van der Waals surface area (Å²) in [4.78, 5) is 14.1. The van der Waals surface area contributed by atoms with E-state index in [0.717, 1.165) is 11.1 Å². The molecule has 1 aliphatic rings. The van der Waals surface area contributed by atoms with Crippen molar-refractivity contribution in [1.29, 1.82) is 0 Å². The summed E-state index contributed by atoms with van der Waals surface area (Å²) in [6.07, 6.45) is 0. The standard InChI is InChI=1S/C14H20N2O/c1-10(2)14(15)8-16(9-14)13(17)12-7-5-4-6-11(12)3/h4-7,10H,8-9,15H2,1-3H3. The van der Waals surface area contributed by atoms with Gasteiger partial charge in [0.15, 0.2) is 0 Å². The minimum atomic E-state index is -0.196. The van der Waals surface area contributed by atoms with Crippen molar-refractivity contribution >= 4 is 5.91 Å². The number of benzene rings is 1. The molecule has 0 saturated carbocycles. The minimum absolute atomic E-state index is 0.102. The van der Waals surface area contributed by atoms with Crippen molar-refractivity contribution in [2.75, 3.05) is 13.1 Å². The summed E-state index contributed by atoms with van der Waals surface area (Å²) in [6, 6.07) is 7.69. The largest absolute Gasteiger partial charge is 0.335 e. The predicted octanol–water partition coefficient (Wildman–Crippen LogP) is 1.80. The van der Waals surface area contributed by atoms with Crippen molar-refractivity contribution in [2.24, 2.45) is 11.7 Å². The fourth-order valence-corrected chi connectivity index (χ4v) is 2.16. The molecule has 1 aliphatic heterocycles. The summed E-state index contributed by atoms with van der Waals surface area (Å²) >= 11 is 0. The number of aryl methyl sites for hydroxylation is 1. The molecule has 1 aromatic carbocycles. The first kappa shape index (κ1) is 12.1. The average molecular weight is 232 g/mol. The molecular weight excluding hydrogens is 212 g/mol. The highest BCUT2D eigenvalue weighted by Gasteiger charge is 2.44. The zero-order chi connectivity index (χ0) is 12.6. The first-order valence-corrected chi connectivity index (χ1v) is 6.08. The second-order valence-electron chi connectivity index (χ2n) is 5.36. The molecular formula is C14H20N2O. The van der Waals surface area contributed by atoms with Crippen LogP contribution < -0.4 is 5.73 Å². The van der Waals surface area contributed by atoms with Crippen LogP contribution in [0.4, 0.5) is 0 Å². The number of carbonyl (C=O) groups excluding carboxylic acids is 1. The second kappa shape index (κ2) is 4.15. The van der Waals surface area contributed by atoms with Crippen molar-refractivity contribution in [3.8, 4) is 0 Å². The minimum Gasteiger partial charge on any atom is -0.335 e. The Hall–Kier alpha value is -1.35. The molecule has 2 N–H and O–H groups in total. The Kier molecular flexibility index (Phi) is 2.96. The molecule has 0 aromatic heterocycles. The van der Waals surface area contributed by atoms with Crippen LogP contribution in [-0.2, 0) is 0 Å². The van der Waals surface area contributed by atoms with Gasteiger partial charge in [-0.25, -0.2) is 0 Å². The number of nitrogens with zero attached hydrogens (tertiary/aromatic N) is 1. The lowest BCUT2D eigenvalue weighted by molar-refractivity contribution is 0.0274. The van der Waals surface area contributed by atoms with Gasteiger partial charge in [0.2, 0.25) is 0 Å². The van der Waals surface area contributed by atoms with Crippen molar-refractivity contribution in [2.45, 2.75) is 26.3 Å². The molecule has 92 valence electrons. The van der Waals surface area contributed by atoms with E-state index in [1.54, 1.807) is 0 Å². The molecule has 1 saturated heterocycles. The maximum Gasteiger partial charge on any atom is 0.254 e. The molecule has 1 heterocycles. The van der Waals surface area contributed by atoms with Crippen LogP contribution in [0.3, 0.4) is 0 Å². The van der Waals surface area contributed by atoms with Crippen LogP contribution in [0.2, 0.25) is 0 Å². The third-order valence-electron chi connectivity index (χ3n) is 3.78. The zero-order valence-electron chi connectivity index (χ0n) is 10.7. The summed E-state index contributed by atoms with van der Waals surface area (Å²) in [7, 11) is 0. The van der Waals surface area contributed by atoms with Crippen molar-refractivity contribution < 1.29 is 4.79 Å². The SMILES string of the molecule is Cc1ccccc1C(=O)N1CC(N)(C(C)C)C1. The molecule has 0 unspecified atom stereocenters. The van der Waals surface area contributed by atoms with E-state index < -0.39 is 0 Å². The highest BCUT2D eigenvalue weighted by Crippen LogP contribution is 2.27. The molecule has 1 fully saturated rings. The maximum atomic E-state index is 12.2. The topological polar surface area (TPSA) is 46.3 Å². The normalized spacial score (nSPS) is 18.1. The number of likely N-dealkylation sites (tertiary alicyclic amines) is 1. The summed E-state index contributed by atoms with van der Waals surface area (Å²) in [5.41, 5.74) is 7.81. The Bertz CT molecular complexity index is 434. The second-order valence-corrected chi connectivity index (χ2v) is 5.36. The molecule has 3 heteroatoms. The van der Waals surface area contributed by atoms with Crippen LogP contribution in [0.1, 0.15) is 29.8 Å². The maximum absolute atomic E-state index is 12.2. The number of carbonyl (C=O) groups is 1. The van der Waals surface area contributed by atoms with E-state index in [2.05, 4.69) is 13.8 Å². The number of rotatable bonds is 2. The Balaban J connectivity index is 2.08. The van der Waals surface area contributed by atoms with Gasteiger partial charge in [-0.2, -0.15) is 0 Å². The molecule has 0 radical (unpaired) electrons. The Labute approximate surface area is 103 Å². The van der Waals surface area contributed by atoms with Gasteiger partial charge >= 0.3 is 0 Å². The van der Waals surface area contributed by atoms with E-state index in [9.17, 15) is 4.79 Å². The van der Waals surface area contributed by atoms with Gasteiger partial charge in [0, 0.05) is 18.7 Å². The van der Waals surface area contributed by atoms with Gasteiger partial charge in [0.1, 0.15) is 0 Å². The summed E-state index contributed by atoms with van der Waals surface area (Å²) in [5, 5.41) is 0.